The van der Waals surface area contributed by atoms with E-state index >= 15 is 0 Å². The fraction of sp³-hybridized carbons (Fsp3) is 0.364. The highest BCUT2D eigenvalue weighted by molar-refractivity contribution is 7.89. The molecule has 0 aromatic carbocycles. The molecule has 0 aliphatic heterocycles. The van der Waals surface area contributed by atoms with Gasteiger partial charge in [0, 0.05) is 24.0 Å². The second-order valence-corrected chi connectivity index (χ2v) is 7.05. The van der Waals surface area contributed by atoms with E-state index in [4.69, 9.17) is 4.52 Å². The maximum Gasteiger partial charge on any atom is 0.245 e. The van der Waals surface area contributed by atoms with E-state index in [0.717, 1.165) is 10.7 Å². The molecule has 0 saturated carbocycles. The van der Waals surface area contributed by atoms with Gasteiger partial charge in [-0.15, -0.1) is 21.5 Å². The van der Waals surface area contributed by atoms with E-state index in [1.807, 2.05) is 9.78 Å². The van der Waals surface area contributed by atoms with Crippen LogP contribution in [-0.2, 0) is 16.4 Å². The Hall–Kier alpha value is -1.78. The van der Waals surface area contributed by atoms with Gasteiger partial charge in [0.1, 0.15) is 16.9 Å². The van der Waals surface area contributed by atoms with E-state index in [-0.39, 0.29) is 17.2 Å². The fourth-order valence-corrected chi connectivity index (χ4v) is 4.30. The molecule has 8 nitrogen and oxygen atoms in total. The van der Waals surface area contributed by atoms with Gasteiger partial charge in [-0.25, -0.2) is 13.1 Å². The lowest BCUT2D eigenvalue weighted by Crippen LogP contribution is -2.27. The van der Waals surface area contributed by atoms with Gasteiger partial charge in [0.05, 0.1) is 0 Å². The Labute approximate surface area is 124 Å². The Morgan fingerprint density at radius 1 is 1.43 bits per heavy atom. The fourth-order valence-electron chi connectivity index (χ4n) is 2.10. The van der Waals surface area contributed by atoms with Crippen molar-refractivity contribution >= 4 is 26.3 Å². The number of nitrogens with zero attached hydrogens (tertiary/aromatic N) is 4. The van der Waals surface area contributed by atoms with Gasteiger partial charge >= 0.3 is 0 Å². The Bertz CT molecular complexity index is 857. The average molecular weight is 327 g/mol. The summed E-state index contributed by atoms with van der Waals surface area (Å²) in [5.74, 6) is 0.289. The van der Waals surface area contributed by atoms with Crippen molar-refractivity contribution in [2.75, 3.05) is 6.54 Å². The summed E-state index contributed by atoms with van der Waals surface area (Å²) < 4.78 is 33.8. The van der Waals surface area contributed by atoms with Gasteiger partial charge in [-0.2, -0.15) is 0 Å². The van der Waals surface area contributed by atoms with E-state index in [9.17, 15) is 8.42 Å². The van der Waals surface area contributed by atoms with Crippen LogP contribution in [0.2, 0.25) is 0 Å². The molecule has 0 saturated heterocycles. The second kappa shape index (κ2) is 5.20. The summed E-state index contributed by atoms with van der Waals surface area (Å²) in [5.41, 5.74) is 1.32. The first kappa shape index (κ1) is 14.2. The Kier molecular flexibility index (Phi) is 3.51. The van der Waals surface area contributed by atoms with Gasteiger partial charge in [0.25, 0.3) is 0 Å². The number of rotatable bonds is 5. The molecule has 0 fully saturated rings. The van der Waals surface area contributed by atoms with Crippen molar-refractivity contribution in [3.05, 3.63) is 28.9 Å². The summed E-state index contributed by atoms with van der Waals surface area (Å²) in [5, 5.41) is 13.3. The predicted molar refractivity (Wildman–Crippen MR) is 75.7 cm³/mol. The SMILES string of the molecule is Cc1noc(C)c1S(=O)(=O)NCCc1csc2nncn12. The van der Waals surface area contributed by atoms with Crippen LogP contribution in [-0.4, -0.2) is 34.7 Å². The zero-order valence-electron chi connectivity index (χ0n) is 11.4. The standard InChI is InChI=1S/C11H13N5O3S2/c1-7-10(8(2)19-15-7)21(17,18)13-4-3-9-5-20-11-14-12-6-16(9)11/h5-6,13H,3-4H2,1-2H3. The highest BCUT2D eigenvalue weighted by Crippen LogP contribution is 2.18. The van der Waals surface area contributed by atoms with E-state index in [0.29, 0.717) is 12.1 Å². The highest BCUT2D eigenvalue weighted by atomic mass is 32.2. The number of sulfonamides is 1. The molecule has 0 aliphatic rings. The minimum atomic E-state index is -3.61. The molecule has 21 heavy (non-hydrogen) atoms. The molecule has 1 N–H and O–H groups in total. The molecule has 10 heteroatoms. The van der Waals surface area contributed by atoms with Crippen LogP contribution in [0.5, 0.6) is 0 Å². The third kappa shape index (κ3) is 2.57. The number of aromatic nitrogens is 4. The predicted octanol–water partition coefficient (Wildman–Crippen LogP) is 0.917. The smallest absolute Gasteiger partial charge is 0.245 e. The van der Waals surface area contributed by atoms with Crippen LogP contribution in [0.25, 0.3) is 4.96 Å². The molecule has 3 aromatic rings. The van der Waals surface area contributed by atoms with Gasteiger partial charge in [-0.1, -0.05) is 5.16 Å². The van der Waals surface area contributed by atoms with Crippen molar-refractivity contribution in [1.82, 2.24) is 24.5 Å². The Balaban J connectivity index is 1.72. The van der Waals surface area contributed by atoms with Crippen LogP contribution >= 0.6 is 11.3 Å². The molecule has 0 atom stereocenters. The molecule has 0 unspecified atom stereocenters. The molecular formula is C11H13N5O3S2. The van der Waals surface area contributed by atoms with E-state index in [1.165, 1.54) is 11.3 Å². The van der Waals surface area contributed by atoms with Crippen LogP contribution < -0.4 is 4.72 Å². The largest absolute Gasteiger partial charge is 0.360 e. The molecule has 0 spiro atoms. The second-order valence-electron chi connectivity index (χ2n) is 4.51. The Morgan fingerprint density at radius 3 is 2.95 bits per heavy atom. The van der Waals surface area contributed by atoms with Crippen LogP contribution in [0.4, 0.5) is 0 Å². The van der Waals surface area contributed by atoms with Crippen molar-refractivity contribution in [2.24, 2.45) is 0 Å². The van der Waals surface area contributed by atoms with Crippen molar-refractivity contribution in [1.29, 1.82) is 0 Å². The molecule has 0 aliphatic carbocycles. The molecule has 0 bridgehead atoms. The van der Waals surface area contributed by atoms with Crippen molar-refractivity contribution in [2.45, 2.75) is 25.2 Å². The maximum absolute atomic E-state index is 12.2. The van der Waals surface area contributed by atoms with E-state index < -0.39 is 10.0 Å². The normalized spacial score (nSPS) is 12.3. The summed E-state index contributed by atoms with van der Waals surface area (Å²) in [6.07, 6.45) is 2.16. The molecule has 112 valence electrons. The highest BCUT2D eigenvalue weighted by Gasteiger charge is 2.23. The van der Waals surface area contributed by atoms with Crippen molar-refractivity contribution in [3.8, 4) is 0 Å². The van der Waals surface area contributed by atoms with Crippen LogP contribution in [0.3, 0.4) is 0 Å². The summed E-state index contributed by atoms with van der Waals surface area (Å²) in [4.78, 5) is 0.904. The minimum absolute atomic E-state index is 0.113. The molecule has 3 rings (SSSR count). The monoisotopic (exact) mass is 327 g/mol. The third-order valence-corrected chi connectivity index (χ3v) is 5.62. The lowest BCUT2D eigenvalue weighted by Gasteiger charge is -2.05. The average Bonchev–Trinajstić information content (AvgIpc) is 3.07. The van der Waals surface area contributed by atoms with E-state index in [1.54, 1.807) is 20.2 Å². The van der Waals surface area contributed by atoms with Gasteiger partial charge in [0.2, 0.25) is 15.0 Å². The first-order valence-electron chi connectivity index (χ1n) is 6.17. The quantitative estimate of drug-likeness (QED) is 0.747. The lowest BCUT2D eigenvalue weighted by molar-refractivity contribution is 0.390. The molecular weight excluding hydrogens is 314 g/mol. The zero-order valence-corrected chi connectivity index (χ0v) is 13.0. The number of fused-ring (bicyclic) bond motifs is 1. The molecule has 3 aromatic heterocycles. The van der Waals surface area contributed by atoms with E-state index in [2.05, 4.69) is 20.1 Å². The van der Waals surface area contributed by atoms with Crippen LogP contribution in [0, 0.1) is 13.8 Å². The van der Waals surface area contributed by atoms with Gasteiger partial charge in [-0.3, -0.25) is 4.40 Å². The number of hydrogen-bond donors (Lipinski definition) is 1. The first-order valence-corrected chi connectivity index (χ1v) is 8.54. The van der Waals surface area contributed by atoms with Crippen LogP contribution in [0.1, 0.15) is 17.1 Å². The van der Waals surface area contributed by atoms with Gasteiger partial charge < -0.3 is 4.52 Å². The summed E-state index contributed by atoms with van der Waals surface area (Å²) in [6, 6.07) is 0. The molecule has 0 radical (unpaired) electrons. The van der Waals surface area contributed by atoms with Gasteiger partial charge in [0.15, 0.2) is 5.76 Å². The third-order valence-electron chi connectivity index (χ3n) is 3.04. The zero-order chi connectivity index (χ0) is 15.0. The summed E-state index contributed by atoms with van der Waals surface area (Å²) in [7, 11) is -3.61. The topological polar surface area (TPSA) is 102 Å². The number of aryl methyl sites for hydroxylation is 2. The van der Waals surface area contributed by atoms with Gasteiger partial charge in [-0.05, 0) is 13.8 Å². The Morgan fingerprint density at radius 2 is 2.24 bits per heavy atom. The molecule has 0 amide bonds. The lowest BCUT2D eigenvalue weighted by atomic mass is 10.3. The summed E-state index contributed by atoms with van der Waals surface area (Å²) in [6.45, 7) is 3.45. The summed E-state index contributed by atoms with van der Waals surface area (Å²) >= 11 is 1.47. The minimum Gasteiger partial charge on any atom is -0.360 e. The maximum atomic E-state index is 12.2. The molecule has 3 heterocycles. The number of thiazole rings is 1. The van der Waals surface area contributed by atoms with Crippen molar-refractivity contribution in [3.63, 3.8) is 0 Å². The van der Waals surface area contributed by atoms with Crippen LogP contribution in [0.15, 0.2) is 21.1 Å². The number of nitrogens with one attached hydrogen (secondary N) is 1. The van der Waals surface area contributed by atoms with Crippen molar-refractivity contribution < 1.29 is 12.9 Å². The number of hydrogen-bond acceptors (Lipinski definition) is 7. The first-order chi connectivity index (χ1) is 9.99.